The minimum Gasteiger partial charge on any atom is -0.494 e. The topological polar surface area (TPSA) is 117 Å². The van der Waals surface area contributed by atoms with Gasteiger partial charge in [-0.1, -0.05) is 0 Å². The van der Waals surface area contributed by atoms with Crippen molar-refractivity contribution in [3.8, 4) is 11.8 Å². The number of benzene rings is 2. The molecule has 0 saturated carbocycles. The molecule has 11 heteroatoms. The molecule has 0 radical (unpaired) electrons. The van der Waals surface area contributed by atoms with Crippen molar-refractivity contribution in [1.29, 1.82) is 5.26 Å². The van der Waals surface area contributed by atoms with E-state index in [2.05, 4.69) is 10.6 Å². The maximum atomic E-state index is 13.6. The molecule has 0 atom stereocenters. The first-order chi connectivity index (χ1) is 13.3. The Morgan fingerprint density at radius 1 is 1.21 bits per heavy atom. The number of hydrogen-bond donors (Lipinski definition) is 2. The minimum atomic E-state index is -1.71. The largest absolute Gasteiger partial charge is 0.494 e. The first kappa shape index (κ1) is 20.2. The van der Waals surface area contributed by atoms with E-state index in [-0.39, 0.29) is 17.1 Å². The van der Waals surface area contributed by atoms with Crippen LogP contribution in [0.3, 0.4) is 0 Å². The Morgan fingerprint density at radius 2 is 1.89 bits per heavy atom. The van der Waals surface area contributed by atoms with Crippen molar-refractivity contribution in [3.05, 3.63) is 69.7 Å². The molecule has 144 valence electrons. The van der Waals surface area contributed by atoms with E-state index in [1.165, 1.54) is 13.2 Å². The molecule has 8 nitrogen and oxygen atoms in total. The van der Waals surface area contributed by atoms with E-state index in [9.17, 15) is 28.1 Å². The number of nitrogens with one attached hydrogen (secondary N) is 2. The summed E-state index contributed by atoms with van der Waals surface area (Å²) in [4.78, 5) is 22.3. The van der Waals surface area contributed by atoms with Crippen LogP contribution in [0.25, 0.3) is 0 Å². The zero-order chi connectivity index (χ0) is 20.8. The van der Waals surface area contributed by atoms with Gasteiger partial charge in [-0.25, -0.2) is 13.2 Å². The molecular weight excluding hydrogens is 381 g/mol. The van der Waals surface area contributed by atoms with E-state index in [4.69, 9.17) is 10.00 Å². The molecule has 0 aliphatic carbocycles. The quantitative estimate of drug-likeness (QED) is 0.256. The van der Waals surface area contributed by atoms with Crippen LogP contribution in [-0.2, 0) is 4.79 Å². The number of methoxy groups -OCH3 is 1. The van der Waals surface area contributed by atoms with E-state index in [1.807, 2.05) is 0 Å². The molecule has 0 aromatic heterocycles. The van der Waals surface area contributed by atoms with Crippen molar-refractivity contribution in [2.24, 2.45) is 0 Å². The van der Waals surface area contributed by atoms with E-state index >= 15 is 0 Å². The number of nitriles is 1. The number of anilines is 2. The number of ether oxygens (including phenoxy) is 1. The fourth-order valence-corrected chi connectivity index (χ4v) is 2.02. The first-order valence-corrected chi connectivity index (χ1v) is 7.42. The standard InChI is InChI=1S/C17H11F3N4O4/c1-28-14-6-10(24(26)27)2-4-12(14)23-17(25)9(7-21)8-22-13-5-3-11(18)15(19)16(13)20/h2-6,8,22H,1H3,(H,23,25)/b9-8-. The average molecular weight is 392 g/mol. The van der Waals surface area contributed by atoms with Crippen LogP contribution in [0, 0.1) is 38.9 Å². The number of carbonyl (C=O) groups is 1. The summed E-state index contributed by atoms with van der Waals surface area (Å²) in [7, 11) is 1.23. The summed E-state index contributed by atoms with van der Waals surface area (Å²) < 4.78 is 44.7. The SMILES string of the molecule is COc1cc([N+](=O)[O-])ccc1NC(=O)/C(C#N)=C\Nc1ccc(F)c(F)c1F. The number of amides is 1. The molecule has 2 aromatic carbocycles. The Bertz CT molecular complexity index is 1020. The van der Waals surface area contributed by atoms with Gasteiger partial charge in [-0.2, -0.15) is 5.26 Å². The summed E-state index contributed by atoms with van der Waals surface area (Å²) in [6, 6.07) is 6.49. The van der Waals surface area contributed by atoms with E-state index in [0.29, 0.717) is 6.07 Å². The van der Waals surface area contributed by atoms with Crippen molar-refractivity contribution in [1.82, 2.24) is 0 Å². The molecule has 0 aliphatic rings. The van der Waals surface area contributed by atoms with Crippen molar-refractivity contribution in [3.63, 3.8) is 0 Å². The van der Waals surface area contributed by atoms with Crippen LogP contribution in [0.4, 0.5) is 30.2 Å². The molecule has 0 spiro atoms. The van der Waals surface area contributed by atoms with Gasteiger partial charge in [-0.3, -0.25) is 14.9 Å². The van der Waals surface area contributed by atoms with Crippen molar-refractivity contribution >= 4 is 23.0 Å². The monoisotopic (exact) mass is 392 g/mol. The average Bonchev–Trinajstić information content (AvgIpc) is 2.68. The highest BCUT2D eigenvalue weighted by atomic mass is 19.2. The maximum Gasteiger partial charge on any atom is 0.273 e. The number of rotatable bonds is 6. The molecule has 0 bridgehead atoms. The summed E-state index contributed by atoms with van der Waals surface area (Å²) in [5.74, 6) is -5.61. The Labute approximate surface area is 156 Å². The molecule has 2 aromatic rings. The van der Waals surface area contributed by atoms with Crippen molar-refractivity contribution in [2.45, 2.75) is 0 Å². The number of halogens is 3. The van der Waals surface area contributed by atoms with Crippen LogP contribution in [0.15, 0.2) is 42.1 Å². The lowest BCUT2D eigenvalue weighted by Crippen LogP contribution is -2.15. The van der Waals surface area contributed by atoms with Gasteiger partial charge in [0.2, 0.25) is 0 Å². The van der Waals surface area contributed by atoms with Crippen LogP contribution in [-0.4, -0.2) is 17.9 Å². The second-order valence-corrected chi connectivity index (χ2v) is 5.13. The molecule has 0 aliphatic heterocycles. The van der Waals surface area contributed by atoms with Crippen LogP contribution in [0.2, 0.25) is 0 Å². The Balaban J connectivity index is 2.23. The van der Waals surface area contributed by atoms with Crippen LogP contribution < -0.4 is 15.4 Å². The molecule has 0 fully saturated rings. The molecule has 2 rings (SSSR count). The fourth-order valence-electron chi connectivity index (χ4n) is 2.02. The third kappa shape index (κ3) is 4.36. The highest BCUT2D eigenvalue weighted by Crippen LogP contribution is 2.29. The number of nitrogens with zero attached hydrogens (tertiary/aromatic N) is 2. The highest BCUT2D eigenvalue weighted by molar-refractivity contribution is 6.07. The second-order valence-electron chi connectivity index (χ2n) is 5.13. The number of non-ortho nitro benzene ring substituents is 1. The second kappa shape index (κ2) is 8.54. The highest BCUT2D eigenvalue weighted by Gasteiger charge is 2.17. The number of nitro benzene ring substituents is 1. The van der Waals surface area contributed by atoms with Gasteiger partial charge in [0.1, 0.15) is 17.4 Å². The van der Waals surface area contributed by atoms with Crippen molar-refractivity contribution < 1.29 is 27.6 Å². The van der Waals surface area contributed by atoms with Crippen LogP contribution in [0.5, 0.6) is 5.75 Å². The van der Waals surface area contributed by atoms with Gasteiger partial charge in [-0.05, 0) is 18.2 Å². The molecule has 0 unspecified atom stereocenters. The summed E-state index contributed by atoms with van der Waals surface area (Å²) in [5, 5.41) is 24.4. The normalized spacial score (nSPS) is 10.8. The lowest BCUT2D eigenvalue weighted by atomic mass is 10.2. The number of nitro groups is 1. The molecule has 0 heterocycles. The van der Waals surface area contributed by atoms with Crippen molar-refractivity contribution in [2.75, 3.05) is 17.7 Å². The third-order valence-corrected chi connectivity index (χ3v) is 3.42. The first-order valence-electron chi connectivity index (χ1n) is 7.42. The molecule has 0 saturated heterocycles. The van der Waals surface area contributed by atoms with Gasteiger partial charge in [0, 0.05) is 12.3 Å². The third-order valence-electron chi connectivity index (χ3n) is 3.42. The van der Waals surface area contributed by atoms with Gasteiger partial charge >= 0.3 is 0 Å². The molecule has 1 amide bonds. The van der Waals surface area contributed by atoms with Gasteiger partial charge in [-0.15, -0.1) is 0 Å². The summed E-state index contributed by atoms with van der Waals surface area (Å²) in [6.07, 6.45) is 0.795. The van der Waals surface area contributed by atoms with Crippen LogP contribution >= 0.6 is 0 Å². The fraction of sp³-hybridized carbons (Fsp3) is 0.0588. The Hall–Kier alpha value is -4.07. The Morgan fingerprint density at radius 3 is 2.50 bits per heavy atom. The number of carbonyl (C=O) groups excluding carboxylic acids is 1. The van der Waals surface area contributed by atoms with E-state index in [1.54, 1.807) is 6.07 Å². The molecular formula is C17H11F3N4O4. The predicted octanol–water partition coefficient (Wildman–Crippen LogP) is 3.48. The summed E-state index contributed by atoms with van der Waals surface area (Å²) in [6.45, 7) is 0. The van der Waals surface area contributed by atoms with Crippen LogP contribution in [0.1, 0.15) is 0 Å². The lowest BCUT2D eigenvalue weighted by molar-refractivity contribution is -0.384. The maximum absolute atomic E-state index is 13.6. The van der Waals surface area contributed by atoms with Gasteiger partial charge < -0.3 is 15.4 Å². The minimum absolute atomic E-state index is 0.0283. The number of hydrogen-bond acceptors (Lipinski definition) is 6. The summed E-state index contributed by atoms with van der Waals surface area (Å²) in [5.41, 5.74) is -1.27. The van der Waals surface area contributed by atoms with Gasteiger partial charge in [0.25, 0.3) is 11.6 Å². The van der Waals surface area contributed by atoms with Gasteiger partial charge in [0.15, 0.2) is 17.5 Å². The zero-order valence-electron chi connectivity index (χ0n) is 14.1. The van der Waals surface area contributed by atoms with Gasteiger partial charge in [0.05, 0.1) is 29.5 Å². The molecule has 2 N–H and O–H groups in total. The van der Waals surface area contributed by atoms with E-state index in [0.717, 1.165) is 24.4 Å². The summed E-state index contributed by atoms with van der Waals surface area (Å²) >= 11 is 0. The Kier molecular flexibility index (Phi) is 6.18. The zero-order valence-corrected chi connectivity index (χ0v) is 14.1. The smallest absolute Gasteiger partial charge is 0.273 e. The lowest BCUT2D eigenvalue weighted by Gasteiger charge is -2.10. The van der Waals surface area contributed by atoms with E-state index < -0.39 is 39.5 Å². The molecule has 28 heavy (non-hydrogen) atoms. The predicted molar refractivity (Wildman–Crippen MR) is 91.9 cm³/mol.